The van der Waals surface area contributed by atoms with Gasteiger partial charge in [0.15, 0.2) is 0 Å². The van der Waals surface area contributed by atoms with Gasteiger partial charge in [0.05, 0.1) is 18.3 Å². The monoisotopic (exact) mass is 333 g/mol. The number of nitrogens with one attached hydrogen (secondary N) is 1. The van der Waals surface area contributed by atoms with Gasteiger partial charge in [-0.1, -0.05) is 6.07 Å². The van der Waals surface area contributed by atoms with E-state index in [2.05, 4.69) is 26.0 Å². The predicted molar refractivity (Wildman–Crippen MR) is 92.4 cm³/mol. The Kier molecular flexibility index (Phi) is 5.20. The molecule has 0 atom stereocenters. The maximum absolute atomic E-state index is 12.5. The molecule has 6 nitrogen and oxygen atoms in total. The minimum Gasteiger partial charge on any atom is -0.340 e. The molecular weight excluding hydrogens is 310 g/mol. The molecule has 1 aliphatic rings. The van der Waals surface area contributed by atoms with Crippen molar-refractivity contribution in [2.45, 2.75) is 25.4 Å². The molecule has 1 aliphatic heterocycles. The summed E-state index contributed by atoms with van der Waals surface area (Å²) in [6.07, 6.45) is 2.22. The Balaban J connectivity index is 1.56. The number of likely N-dealkylation sites (N-methyl/N-ethyl adjacent to an activating group) is 2. The number of benzene rings is 1. The highest BCUT2D eigenvalue weighted by Crippen LogP contribution is 2.15. The topological polar surface area (TPSA) is 61.4 Å². The minimum atomic E-state index is 0.155. The maximum Gasteiger partial charge on any atom is 0.236 e. The van der Waals surface area contributed by atoms with Gasteiger partial charge >= 0.3 is 0 Å². The number of nitrogens with zero attached hydrogens (tertiary/aromatic N) is 4. The third kappa shape index (κ3) is 4.04. The summed E-state index contributed by atoms with van der Waals surface area (Å²) >= 11 is 1.22. The minimum absolute atomic E-state index is 0.155. The summed E-state index contributed by atoms with van der Waals surface area (Å²) in [5, 5.41) is 3.36. The summed E-state index contributed by atoms with van der Waals surface area (Å²) in [5.41, 5.74) is 2.91. The van der Waals surface area contributed by atoms with Crippen LogP contribution in [0.3, 0.4) is 0 Å². The van der Waals surface area contributed by atoms with E-state index >= 15 is 0 Å². The van der Waals surface area contributed by atoms with Crippen LogP contribution in [0, 0.1) is 0 Å². The molecule has 124 valence electrons. The van der Waals surface area contributed by atoms with Crippen LogP contribution in [0.5, 0.6) is 0 Å². The van der Waals surface area contributed by atoms with E-state index in [0.29, 0.717) is 19.1 Å². The van der Waals surface area contributed by atoms with Crippen molar-refractivity contribution in [3.8, 4) is 0 Å². The molecule has 3 rings (SSSR count). The second-order valence-electron chi connectivity index (χ2n) is 6.23. The number of carbonyl (C=O) groups excluding carboxylic acids is 1. The quantitative estimate of drug-likeness (QED) is 0.894. The van der Waals surface area contributed by atoms with Crippen LogP contribution in [0.2, 0.25) is 0 Å². The van der Waals surface area contributed by atoms with Gasteiger partial charge in [0.1, 0.15) is 11.0 Å². The summed E-state index contributed by atoms with van der Waals surface area (Å²) in [5.74, 6) is 0.155. The number of amides is 1. The number of aromatic nitrogens is 2. The fourth-order valence-corrected chi connectivity index (χ4v) is 3.52. The first kappa shape index (κ1) is 16.3. The molecule has 2 heterocycles. The lowest BCUT2D eigenvalue weighted by Gasteiger charge is -2.32. The molecule has 1 amide bonds. The van der Waals surface area contributed by atoms with Crippen LogP contribution >= 0.6 is 11.7 Å². The highest BCUT2D eigenvalue weighted by Gasteiger charge is 2.21. The van der Waals surface area contributed by atoms with Crippen molar-refractivity contribution >= 4 is 28.7 Å². The number of rotatable bonds is 5. The molecule has 7 heteroatoms. The molecule has 0 radical (unpaired) electrons. The summed E-state index contributed by atoms with van der Waals surface area (Å²) in [6, 6.07) is 6.50. The van der Waals surface area contributed by atoms with E-state index in [1.165, 1.54) is 11.7 Å². The summed E-state index contributed by atoms with van der Waals surface area (Å²) in [4.78, 5) is 16.4. The highest BCUT2D eigenvalue weighted by atomic mass is 32.1. The zero-order chi connectivity index (χ0) is 16.2. The molecule has 1 N–H and O–H groups in total. The predicted octanol–water partition coefficient (Wildman–Crippen LogP) is 1.33. The molecule has 0 aliphatic carbocycles. The SMILES string of the molecule is CN(Cc1ccc2nsnc2c1)C(=O)CN(C)C1CCNCC1. The first-order valence-electron chi connectivity index (χ1n) is 7.99. The highest BCUT2D eigenvalue weighted by molar-refractivity contribution is 7.00. The van der Waals surface area contributed by atoms with Crippen LogP contribution in [0.15, 0.2) is 18.2 Å². The number of fused-ring (bicyclic) bond motifs is 1. The van der Waals surface area contributed by atoms with E-state index < -0.39 is 0 Å². The first-order valence-corrected chi connectivity index (χ1v) is 8.72. The van der Waals surface area contributed by atoms with Crippen LogP contribution in [-0.4, -0.2) is 64.2 Å². The van der Waals surface area contributed by atoms with Gasteiger partial charge in [-0.15, -0.1) is 0 Å². The van der Waals surface area contributed by atoms with Crippen LogP contribution < -0.4 is 5.32 Å². The average Bonchev–Trinajstić information content (AvgIpc) is 3.03. The van der Waals surface area contributed by atoms with Crippen molar-refractivity contribution in [2.24, 2.45) is 0 Å². The molecule has 0 spiro atoms. The Morgan fingerprint density at radius 1 is 1.26 bits per heavy atom. The third-order valence-electron chi connectivity index (χ3n) is 4.48. The van der Waals surface area contributed by atoms with Crippen LogP contribution in [0.4, 0.5) is 0 Å². The average molecular weight is 333 g/mol. The van der Waals surface area contributed by atoms with Crippen molar-refractivity contribution in [1.82, 2.24) is 23.9 Å². The smallest absolute Gasteiger partial charge is 0.236 e. The van der Waals surface area contributed by atoms with Gasteiger partial charge in [-0.25, -0.2) is 0 Å². The summed E-state index contributed by atoms with van der Waals surface area (Å²) < 4.78 is 8.46. The Morgan fingerprint density at radius 3 is 2.78 bits per heavy atom. The van der Waals surface area contributed by atoms with Gasteiger partial charge in [0.2, 0.25) is 5.91 Å². The third-order valence-corrected chi connectivity index (χ3v) is 5.04. The van der Waals surface area contributed by atoms with Gasteiger partial charge in [-0.2, -0.15) is 8.75 Å². The molecule has 0 unspecified atom stereocenters. The molecule has 0 bridgehead atoms. The van der Waals surface area contributed by atoms with Gasteiger partial charge in [-0.05, 0) is 50.7 Å². The molecule has 0 saturated carbocycles. The first-order chi connectivity index (χ1) is 11.1. The van der Waals surface area contributed by atoms with Gasteiger partial charge in [0, 0.05) is 19.6 Å². The lowest BCUT2D eigenvalue weighted by atomic mass is 10.1. The van der Waals surface area contributed by atoms with Gasteiger partial charge in [-0.3, -0.25) is 9.69 Å². The molecule has 23 heavy (non-hydrogen) atoms. The molecule has 1 aromatic carbocycles. The van der Waals surface area contributed by atoms with Crippen LogP contribution in [0.1, 0.15) is 18.4 Å². The molecule has 1 fully saturated rings. The van der Waals surface area contributed by atoms with Crippen molar-refractivity contribution < 1.29 is 4.79 Å². The molecular formula is C16H23N5OS. The van der Waals surface area contributed by atoms with Gasteiger partial charge < -0.3 is 10.2 Å². The number of piperidine rings is 1. The Bertz CT molecular complexity index is 667. The largest absolute Gasteiger partial charge is 0.340 e. The fraction of sp³-hybridized carbons (Fsp3) is 0.562. The zero-order valence-corrected chi connectivity index (χ0v) is 14.5. The number of hydrogen-bond donors (Lipinski definition) is 1. The Hall–Kier alpha value is -1.57. The van der Waals surface area contributed by atoms with Gasteiger partial charge in [0.25, 0.3) is 0 Å². The van der Waals surface area contributed by atoms with E-state index in [0.717, 1.165) is 42.5 Å². The summed E-state index contributed by atoms with van der Waals surface area (Å²) in [6.45, 7) is 3.16. The van der Waals surface area contributed by atoms with E-state index in [1.54, 1.807) is 4.90 Å². The molecule has 1 aromatic heterocycles. The fourth-order valence-electron chi connectivity index (χ4n) is 3.00. The van der Waals surface area contributed by atoms with E-state index in [4.69, 9.17) is 0 Å². The van der Waals surface area contributed by atoms with E-state index in [-0.39, 0.29) is 5.91 Å². The van der Waals surface area contributed by atoms with Crippen molar-refractivity contribution in [3.63, 3.8) is 0 Å². The lowest BCUT2D eigenvalue weighted by Crippen LogP contribution is -2.45. The second-order valence-corrected chi connectivity index (χ2v) is 6.76. The van der Waals surface area contributed by atoms with Crippen molar-refractivity contribution in [2.75, 3.05) is 33.7 Å². The zero-order valence-electron chi connectivity index (χ0n) is 13.7. The lowest BCUT2D eigenvalue weighted by molar-refractivity contribution is -0.132. The van der Waals surface area contributed by atoms with Crippen molar-refractivity contribution in [1.29, 1.82) is 0 Å². The maximum atomic E-state index is 12.5. The standard InChI is InChI=1S/C16H23N5OS/c1-20(13-5-7-17-8-6-13)11-16(22)21(2)10-12-3-4-14-15(9-12)19-23-18-14/h3-4,9,13,17H,5-8,10-11H2,1-2H3. The normalized spacial score (nSPS) is 16.1. The van der Waals surface area contributed by atoms with Crippen LogP contribution in [-0.2, 0) is 11.3 Å². The second kappa shape index (κ2) is 7.33. The Morgan fingerprint density at radius 2 is 2.00 bits per heavy atom. The molecule has 2 aromatic rings. The molecule has 1 saturated heterocycles. The number of hydrogen-bond acceptors (Lipinski definition) is 6. The summed E-state index contributed by atoms with van der Waals surface area (Å²) in [7, 11) is 3.91. The van der Waals surface area contributed by atoms with E-state index in [1.807, 2.05) is 25.2 Å². The van der Waals surface area contributed by atoms with Crippen LogP contribution in [0.25, 0.3) is 11.0 Å². The Labute approximate surface area is 140 Å². The van der Waals surface area contributed by atoms with Crippen molar-refractivity contribution in [3.05, 3.63) is 23.8 Å². The van der Waals surface area contributed by atoms with E-state index in [9.17, 15) is 4.79 Å². The number of carbonyl (C=O) groups is 1.